The van der Waals surface area contributed by atoms with Gasteiger partial charge < -0.3 is 5.73 Å². The third kappa shape index (κ3) is 3.61. The predicted molar refractivity (Wildman–Crippen MR) is 88.8 cm³/mol. The summed E-state index contributed by atoms with van der Waals surface area (Å²) in [4.78, 5) is 0. The summed E-state index contributed by atoms with van der Waals surface area (Å²) in [5.41, 5.74) is 7.81. The summed E-state index contributed by atoms with van der Waals surface area (Å²) in [5.74, 6) is 0.754. The minimum atomic E-state index is 0.155. The van der Waals surface area contributed by atoms with E-state index < -0.39 is 0 Å². The van der Waals surface area contributed by atoms with Crippen LogP contribution in [0, 0.1) is 5.92 Å². The fourth-order valence-electron chi connectivity index (χ4n) is 3.04. The van der Waals surface area contributed by atoms with Crippen molar-refractivity contribution in [3.63, 3.8) is 0 Å². The van der Waals surface area contributed by atoms with Crippen molar-refractivity contribution in [3.05, 3.63) is 48.0 Å². The molecule has 0 amide bonds. The Hall–Kier alpha value is -1.34. The molecule has 0 radical (unpaired) electrons. The SMILES string of the molecule is CCCCC(CC)CC(N)c1cccc2ccccc12. The second kappa shape index (κ2) is 7.44. The molecule has 1 nitrogen and oxygen atoms in total. The van der Waals surface area contributed by atoms with Gasteiger partial charge in [-0.15, -0.1) is 0 Å². The zero-order valence-electron chi connectivity index (χ0n) is 12.8. The average molecular weight is 269 g/mol. The zero-order chi connectivity index (χ0) is 14.4. The zero-order valence-corrected chi connectivity index (χ0v) is 12.8. The molecule has 0 aliphatic rings. The highest BCUT2D eigenvalue weighted by Gasteiger charge is 2.15. The topological polar surface area (TPSA) is 26.0 Å². The van der Waals surface area contributed by atoms with Gasteiger partial charge in [0, 0.05) is 6.04 Å². The highest BCUT2D eigenvalue weighted by atomic mass is 14.6. The molecule has 1 heteroatoms. The number of hydrogen-bond acceptors (Lipinski definition) is 1. The largest absolute Gasteiger partial charge is 0.324 e. The van der Waals surface area contributed by atoms with Crippen LogP contribution in [0.3, 0.4) is 0 Å². The first-order valence-electron chi connectivity index (χ1n) is 7.99. The van der Waals surface area contributed by atoms with Crippen molar-refractivity contribution in [1.29, 1.82) is 0 Å². The molecule has 108 valence electrons. The Morgan fingerprint density at radius 1 is 1.00 bits per heavy atom. The van der Waals surface area contributed by atoms with Crippen molar-refractivity contribution in [2.75, 3.05) is 0 Å². The van der Waals surface area contributed by atoms with E-state index in [1.807, 2.05) is 0 Å². The minimum absolute atomic E-state index is 0.155. The fourth-order valence-corrected chi connectivity index (χ4v) is 3.04. The van der Waals surface area contributed by atoms with Crippen LogP contribution in [0.2, 0.25) is 0 Å². The van der Waals surface area contributed by atoms with Gasteiger partial charge in [0.05, 0.1) is 0 Å². The van der Waals surface area contributed by atoms with E-state index in [1.165, 1.54) is 42.0 Å². The predicted octanol–water partition coefficient (Wildman–Crippen LogP) is 5.45. The third-order valence-corrected chi connectivity index (χ3v) is 4.35. The van der Waals surface area contributed by atoms with Crippen LogP contribution in [0.15, 0.2) is 42.5 Å². The smallest absolute Gasteiger partial charge is 0.0303 e. The number of fused-ring (bicyclic) bond motifs is 1. The van der Waals surface area contributed by atoms with Crippen molar-refractivity contribution in [3.8, 4) is 0 Å². The minimum Gasteiger partial charge on any atom is -0.324 e. The number of benzene rings is 2. The second-order valence-electron chi connectivity index (χ2n) is 5.83. The molecule has 0 heterocycles. The monoisotopic (exact) mass is 269 g/mol. The van der Waals surface area contributed by atoms with Gasteiger partial charge >= 0.3 is 0 Å². The van der Waals surface area contributed by atoms with Crippen LogP contribution in [0.5, 0.6) is 0 Å². The molecule has 0 aromatic heterocycles. The van der Waals surface area contributed by atoms with Crippen LogP contribution in [0.25, 0.3) is 10.8 Å². The molecule has 0 aliphatic heterocycles. The molecule has 2 unspecified atom stereocenters. The van der Waals surface area contributed by atoms with Gasteiger partial charge in [0.25, 0.3) is 0 Å². The van der Waals surface area contributed by atoms with E-state index in [4.69, 9.17) is 5.73 Å². The average Bonchev–Trinajstić information content (AvgIpc) is 2.50. The van der Waals surface area contributed by atoms with E-state index in [9.17, 15) is 0 Å². The third-order valence-electron chi connectivity index (χ3n) is 4.35. The molecule has 2 aromatic carbocycles. The van der Waals surface area contributed by atoms with Gasteiger partial charge in [-0.2, -0.15) is 0 Å². The first-order chi connectivity index (χ1) is 9.76. The van der Waals surface area contributed by atoms with E-state index in [0.717, 1.165) is 12.3 Å². The summed E-state index contributed by atoms with van der Waals surface area (Å²) >= 11 is 0. The quantitative estimate of drug-likeness (QED) is 0.711. The highest BCUT2D eigenvalue weighted by Crippen LogP contribution is 2.29. The Morgan fingerprint density at radius 3 is 2.50 bits per heavy atom. The molecule has 2 atom stereocenters. The van der Waals surface area contributed by atoms with E-state index >= 15 is 0 Å². The van der Waals surface area contributed by atoms with Crippen LogP contribution < -0.4 is 5.73 Å². The fraction of sp³-hybridized carbons (Fsp3) is 0.474. The van der Waals surface area contributed by atoms with Gasteiger partial charge in [0.15, 0.2) is 0 Å². The van der Waals surface area contributed by atoms with Gasteiger partial charge in [-0.25, -0.2) is 0 Å². The molecule has 0 fully saturated rings. The van der Waals surface area contributed by atoms with Crippen molar-refractivity contribution < 1.29 is 0 Å². The van der Waals surface area contributed by atoms with Crippen molar-refractivity contribution in [2.24, 2.45) is 11.7 Å². The lowest BCUT2D eigenvalue weighted by Gasteiger charge is -2.21. The van der Waals surface area contributed by atoms with E-state index in [2.05, 4.69) is 56.3 Å². The number of nitrogens with two attached hydrogens (primary N) is 1. The molecule has 20 heavy (non-hydrogen) atoms. The van der Waals surface area contributed by atoms with Gasteiger partial charge in [-0.1, -0.05) is 82.0 Å². The van der Waals surface area contributed by atoms with Crippen molar-refractivity contribution >= 4 is 10.8 Å². The summed E-state index contributed by atoms with van der Waals surface area (Å²) in [5, 5.41) is 2.61. The van der Waals surface area contributed by atoms with E-state index in [1.54, 1.807) is 0 Å². The summed E-state index contributed by atoms with van der Waals surface area (Å²) in [6, 6.07) is 15.2. The molecule has 0 saturated heterocycles. The van der Waals surface area contributed by atoms with Crippen LogP contribution in [0.4, 0.5) is 0 Å². The maximum absolute atomic E-state index is 6.51. The number of unbranched alkanes of at least 4 members (excludes halogenated alkanes) is 1. The highest BCUT2D eigenvalue weighted by molar-refractivity contribution is 5.86. The van der Waals surface area contributed by atoms with Gasteiger partial charge in [-0.3, -0.25) is 0 Å². The lowest BCUT2D eigenvalue weighted by Crippen LogP contribution is -2.15. The number of rotatable bonds is 7. The Kier molecular flexibility index (Phi) is 5.60. The molecule has 2 N–H and O–H groups in total. The first-order valence-corrected chi connectivity index (χ1v) is 7.99. The molecular weight excluding hydrogens is 242 g/mol. The Morgan fingerprint density at radius 2 is 1.75 bits per heavy atom. The van der Waals surface area contributed by atoms with Crippen LogP contribution in [0.1, 0.15) is 57.6 Å². The lowest BCUT2D eigenvalue weighted by molar-refractivity contribution is 0.389. The first kappa shape index (κ1) is 15.1. The molecule has 0 bridgehead atoms. The molecule has 2 rings (SSSR count). The number of hydrogen-bond donors (Lipinski definition) is 1. The molecule has 2 aromatic rings. The molecule has 0 saturated carbocycles. The Balaban J connectivity index is 2.16. The summed E-state index contributed by atoms with van der Waals surface area (Å²) in [6.45, 7) is 4.55. The Bertz CT molecular complexity index is 527. The molecule has 0 spiro atoms. The maximum atomic E-state index is 6.51. The van der Waals surface area contributed by atoms with Crippen molar-refractivity contribution in [2.45, 2.75) is 52.0 Å². The second-order valence-corrected chi connectivity index (χ2v) is 5.83. The maximum Gasteiger partial charge on any atom is 0.0303 e. The van der Waals surface area contributed by atoms with Crippen molar-refractivity contribution in [1.82, 2.24) is 0 Å². The lowest BCUT2D eigenvalue weighted by atomic mass is 9.88. The van der Waals surface area contributed by atoms with E-state index in [-0.39, 0.29) is 6.04 Å². The summed E-state index contributed by atoms with van der Waals surface area (Å²) in [7, 11) is 0. The molecular formula is C19H27N. The van der Waals surface area contributed by atoms with Crippen LogP contribution >= 0.6 is 0 Å². The van der Waals surface area contributed by atoms with Crippen LogP contribution in [-0.2, 0) is 0 Å². The van der Waals surface area contributed by atoms with E-state index in [0.29, 0.717) is 0 Å². The summed E-state index contributed by atoms with van der Waals surface area (Å²) < 4.78 is 0. The van der Waals surface area contributed by atoms with Gasteiger partial charge in [-0.05, 0) is 28.7 Å². The molecule has 0 aliphatic carbocycles. The standard InChI is InChI=1S/C19H27N/c1-3-5-9-15(4-2)14-19(20)18-13-8-11-16-10-6-7-12-17(16)18/h6-8,10-13,15,19H,3-5,9,14,20H2,1-2H3. The van der Waals surface area contributed by atoms with Gasteiger partial charge in [0.2, 0.25) is 0 Å². The van der Waals surface area contributed by atoms with Crippen LogP contribution in [-0.4, -0.2) is 0 Å². The normalized spacial score (nSPS) is 14.3. The Labute approximate surface area is 123 Å². The summed E-state index contributed by atoms with van der Waals surface area (Å²) in [6.07, 6.45) is 6.25. The van der Waals surface area contributed by atoms with Gasteiger partial charge in [0.1, 0.15) is 0 Å².